The number of carboxylic acids is 1. The second-order valence-electron chi connectivity index (χ2n) is 4.10. The van der Waals surface area contributed by atoms with Crippen LogP contribution in [0.3, 0.4) is 0 Å². The number of hydrogen-bond donors (Lipinski definition) is 2. The molecule has 86 valence electrons. The van der Waals surface area contributed by atoms with E-state index >= 15 is 0 Å². The van der Waals surface area contributed by atoms with Crippen LogP contribution in [0.15, 0.2) is 24.3 Å². The van der Waals surface area contributed by atoms with Gasteiger partial charge in [-0.05, 0) is 25.5 Å². The zero-order valence-corrected chi connectivity index (χ0v) is 8.97. The molecule has 0 radical (unpaired) electrons. The molecule has 1 fully saturated rings. The minimum atomic E-state index is -0.770. The Balaban J connectivity index is 2.10. The molecular weight excluding hydrogens is 206 g/mol. The van der Waals surface area contributed by atoms with Crippen LogP contribution in [0.5, 0.6) is 5.75 Å². The highest BCUT2D eigenvalue weighted by Gasteiger charge is 2.30. The molecule has 0 saturated carbocycles. The van der Waals surface area contributed by atoms with Gasteiger partial charge < -0.3 is 10.2 Å². The molecule has 0 unspecified atom stereocenters. The number of aliphatic carboxylic acids is 1. The lowest BCUT2D eigenvalue weighted by molar-refractivity contribution is -0.142. The maximum absolute atomic E-state index is 11.0. The van der Waals surface area contributed by atoms with Crippen LogP contribution in [0.4, 0.5) is 0 Å². The number of carboxylic acid groups (broad SMARTS) is 1. The number of nitrogens with zero attached hydrogens (tertiary/aromatic N) is 1. The highest BCUT2D eigenvalue weighted by Crippen LogP contribution is 2.24. The van der Waals surface area contributed by atoms with Crippen molar-refractivity contribution in [2.75, 3.05) is 6.54 Å². The zero-order chi connectivity index (χ0) is 11.5. The van der Waals surface area contributed by atoms with Crippen LogP contribution in [0.2, 0.25) is 0 Å². The average molecular weight is 221 g/mol. The Morgan fingerprint density at radius 1 is 1.44 bits per heavy atom. The number of phenolic OH excluding ortho intramolecular Hbond substituents is 1. The maximum atomic E-state index is 11.0. The molecule has 1 aromatic rings. The number of hydrogen-bond acceptors (Lipinski definition) is 3. The third kappa shape index (κ3) is 2.17. The topological polar surface area (TPSA) is 60.8 Å². The number of likely N-dealkylation sites (tertiary alicyclic amines) is 1. The third-order valence-corrected chi connectivity index (χ3v) is 3.01. The average Bonchev–Trinajstić information content (AvgIpc) is 2.69. The lowest BCUT2D eigenvalue weighted by Gasteiger charge is -2.21. The summed E-state index contributed by atoms with van der Waals surface area (Å²) in [6, 6.07) is 6.66. The van der Waals surface area contributed by atoms with Crippen LogP contribution >= 0.6 is 0 Å². The quantitative estimate of drug-likeness (QED) is 0.810. The van der Waals surface area contributed by atoms with E-state index in [1.807, 2.05) is 17.0 Å². The van der Waals surface area contributed by atoms with Gasteiger partial charge in [0.05, 0.1) is 0 Å². The van der Waals surface area contributed by atoms with E-state index in [2.05, 4.69) is 0 Å². The molecule has 1 aromatic carbocycles. The molecule has 16 heavy (non-hydrogen) atoms. The summed E-state index contributed by atoms with van der Waals surface area (Å²) in [6.45, 7) is 1.29. The van der Waals surface area contributed by atoms with Gasteiger partial charge in [-0.2, -0.15) is 0 Å². The Morgan fingerprint density at radius 2 is 2.19 bits per heavy atom. The molecule has 1 heterocycles. The van der Waals surface area contributed by atoms with Crippen molar-refractivity contribution in [2.45, 2.75) is 25.4 Å². The van der Waals surface area contributed by atoms with Gasteiger partial charge in [0.25, 0.3) is 0 Å². The number of para-hydroxylation sites is 1. The summed E-state index contributed by atoms with van der Waals surface area (Å²) in [7, 11) is 0. The zero-order valence-electron chi connectivity index (χ0n) is 8.97. The molecule has 1 aliphatic heterocycles. The van der Waals surface area contributed by atoms with Gasteiger partial charge in [-0.1, -0.05) is 18.2 Å². The number of aromatic hydroxyl groups is 1. The molecule has 4 nitrogen and oxygen atoms in total. The third-order valence-electron chi connectivity index (χ3n) is 3.01. The summed E-state index contributed by atoms with van der Waals surface area (Å²) in [5.74, 6) is -0.536. The van der Waals surface area contributed by atoms with Crippen LogP contribution in [0.25, 0.3) is 0 Å². The summed E-state index contributed by atoms with van der Waals surface area (Å²) in [6.07, 6.45) is 1.60. The molecule has 0 spiro atoms. The summed E-state index contributed by atoms with van der Waals surface area (Å²) in [5, 5.41) is 18.6. The number of phenols is 1. The van der Waals surface area contributed by atoms with E-state index in [0.29, 0.717) is 13.0 Å². The van der Waals surface area contributed by atoms with Gasteiger partial charge in [0.2, 0.25) is 0 Å². The van der Waals surface area contributed by atoms with Gasteiger partial charge in [-0.3, -0.25) is 9.69 Å². The van der Waals surface area contributed by atoms with Gasteiger partial charge in [-0.25, -0.2) is 0 Å². The fraction of sp³-hybridized carbons (Fsp3) is 0.417. The molecule has 0 bridgehead atoms. The maximum Gasteiger partial charge on any atom is 0.320 e. The van der Waals surface area contributed by atoms with Crippen molar-refractivity contribution in [1.82, 2.24) is 4.90 Å². The van der Waals surface area contributed by atoms with E-state index in [9.17, 15) is 9.90 Å². The first-order chi connectivity index (χ1) is 7.68. The summed E-state index contributed by atoms with van der Waals surface area (Å²) >= 11 is 0. The van der Waals surface area contributed by atoms with E-state index in [4.69, 9.17) is 5.11 Å². The summed E-state index contributed by atoms with van der Waals surface area (Å²) < 4.78 is 0. The Kier molecular flexibility index (Phi) is 3.10. The fourth-order valence-electron chi connectivity index (χ4n) is 2.16. The van der Waals surface area contributed by atoms with Crippen LogP contribution in [-0.4, -0.2) is 33.7 Å². The van der Waals surface area contributed by atoms with E-state index < -0.39 is 12.0 Å². The Morgan fingerprint density at radius 3 is 2.88 bits per heavy atom. The largest absolute Gasteiger partial charge is 0.508 e. The first-order valence-electron chi connectivity index (χ1n) is 5.42. The second-order valence-corrected chi connectivity index (χ2v) is 4.10. The highest BCUT2D eigenvalue weighted by atomic mass is 16.4. The van der Waals surface area contributed by atoms with Gasteiger partial charge in [-0.15, -0.1) is 0 Å². The molecule has 1 atom stereocenters. The van der Waals surface area contributed by atoms with Crippen molar-refractivity contribution in [3.8, 4) is 5.75 Å². The van der Waals surface area contributed by atoms with Crippen LogP contribution in [0.1, 0.15) is 18.4 Å². The van der Waals surface area contributed by atoms with Crippen molar-refractivity contribution in [2.24, 2.45) is 0 Å². The van der Waals surface area contributed by atoms with Gasteiger partial charge >= 0.3 is 5.97 Å². The molecule has 0 aromatic heterocycles. The van der Waals surface area contributed by atoms with Crippen molar-refractivity contribution < 1.29 is 15.0 Å². The van der Waals surface area contributed by atoms with E-state index in [-0.39, 0.29) is 5.75 Å². The lowest BCUT2D eigenvalue weighted by Crippen LogP contribution is -2.35. The van der Waals surface area contributed by atoms with Crippen molar-refractivity contribution in [3.63, 3.8) is 0 Å². The predicted molar refractivity (Wildman–Crippen MR) is 59.2 cm³/mol. The monoisotopic (exact) mass is 221 g/mol. The first kappa shape index (κ1) is 11.0. The molecule has 0 amide bonds. The number of benzene rings is 1. The molecule has 1 saturated heterocycles. The van der Waals surface area contributed by atoms with Gasteiger partial charge in [0, 0.05) is 12.1 Å². The second kappa shape index (κ2) is 4.53. The smallest absolute Gasteiger partial charge is 0.320 e. The van der Waals surface area contributed by atoms with E-state index in [1.54, 1.807) is 12.1 Å². The minimum absolute atomic E-state index is 0.235. The Labute approximate surface area is 94.1 Å². The molecule has 2 rings (SSSR count). The molecule has 2 N–H and O–H groups in total. The Bertz CT molecular complexity index is 392. The normalized spacial score (nSPS) is 21.1. The van der Waals surface area contributed by atoms with Crippen molar-refractivity contribution in [3.05, 3.63) is 29.8 Å². The molecule has 4 heteroatoms. The van der Waals surface area contributed by atoms with E-state index in [0.717, 1.165) is 18.5 Å². The van der Waals surface area contributed by atoms with Crippen LogP contribution in [0, 0.1) is 0 Å². The number of rotatable bonds is 3. The lowest BCUT2D eigenvalue weighted by atomic mass is 10.1. The van der Waals surface area contributed by atoms with Crippen molar-refractivity contribution in [1.29, 1.82) is 0 Å². The SMILES string of the molecule is O=C(O)[C@@H]1CCCN1Cc1ccccc1O. The first-order valence-corrected chi connectivity index (χ1v) is 5.42. The molecule has 0 aliphatic carbocycles. The summed E-state index contributed by atoms with van der Waals surface area (Å²) in [5.41, 5.74) is 0.788. The number of carbonyl (C=O) groups is 1. The fourth-order valence-corrected chi connectivity index (χ4v) is 2.16. The van der Waals surface area contributed by atoms with Crippen LogP contribution < -0.4 is 0 Å². The predicted octanol–water partition coefficient (Wildman–Crippen LogP) is 1.44. The standard InChI is InChI=1S/C12H15NO3/c14-11-6-2-1-4-9(11)8-13-7-3-5-10(13)12(15)16/h1-2,4,6,10,14H,3,5,7-8H2,(H,15,16)/t10-/m0/s1. The molecule has 1 aliphatic rings. The summed E-state index contributed by atoms with van der Waals surface area (Å²) in [4.78, 5) is 12.9. The van der Waals surface area contributed by atoms with Crippen LogP contribution in [-0.2, 0) is 11.3 Å². The van der Waals surface area contributed by atoms with Gasteiger partial charge in [0.1, 0.15) is 11.8 Å². The minimum Gasteiger partial charge on any atom is -0.508 e. The highest BCUT2D eigenvalue weighted by molar-refractivity contribution is 5.73. The van der Waals surface area contributed by atoms with Crippen molar-refractivity contribution >= 4 is 5.97 Å². The van der Waals surface area contributed by atoms with Gasteiger partial charge in [0.15, 0.2) is 0 Å². The van der Waals surface area contributed by atoms with E-state index in [1.165, 1.54) is 0 Å². The Hall–Kier alpha value is -1.55. The molecular formula is C12H15NO3.